The summed E-state index contributed by atoms with van der Waals surface area (Å²) in [4.78, 5) is 2.42. The first-order valence-corrected chi connectivity index (χ1v) is 8.39. The zero-order valence-corrected chi connectivity index (χ0v) is 14.6. The fourth-order valence-corrected chi connectivity index (χ4v) is 3.34. The fourth-order valence-electron chi connectivity index (χ4n) is 2.76. The quantitative estimate of drug-likeness (QED) is 0.850. The molecule has 0 saturated carbocycles. The molecule has 0 saturated heterocycles. The van der Waals surface area contributed by atoms with Crippen LogP contribution in [-0.4, -0.2) is 37.7 Å². The van der Waals surface area contributed by atoms with Crippen LogP contribution in [0, 0.1) is 5.92 Å². The average Bonchev–Trinajstić information content (AvgIpc) is 2.46. The summed E-state index contributed by atoms with van der Waals surface area (Å²) in [6, 6.07) is 4.37. The molecule has 1 aliphatic heterocycles. The molecular formula is C16H25BrN2O2. The summed E-state index contributed by atoms with van der Waals surface area (Å²) in [5, 5.41) is 0. The lowest BCUT2D eigenvalue weighted by Gasteiger charge is -2.32. The van der Waals surface area contributed by atoms with Gasteiger partial charge in [0.05, 0.1) is 4.47 Å². The molecule has 2 N–H and O–H groups in total. The fraction of sp³-hybridized carbons (Fsp3) is 0.625. The molecule has 0 aliphatic carbocycles. The zero-order chi connectivity index (χ0) is 15.4. The Labute approximate surface area is 135 Å². The van der Waals surface area contributed by atoms with Gasteiger partial charge in [-0.05, 0) is 46.1 Å². The Kier molecular flexibility index (Phi) is 5.90. The number of rotatable bonds is 6. The Morgan fingerprint density at radius 3 is 2.62 bits per heavy atom. The second-order valence-electron chi connectivity index (χ2n) is 5.76. The van der Waals surface area contributed by atoms with Gasteiger partial charge in [0.1, 0.15) is 13.2 Å². The molecule has 1 unspecified atom stereocenters. The molecule has 0 radical (unpaired) electrons. The lowest BCUT2D eigenvalue weighted by molar-refractivity contribution is 0.167. The van der Waals surface area contributed by atoms with Crippen molar-refractivity contribution >= 4 is 15.9 Å². The molecule has 0 aromatic heterocycles. The van der Waals surface area contributed by atoms with Crippen LogP contribution in [0.4, 0.5) is 0 Å². The Balaban J connectivity index is 2.31. The number of fused-ring (bicyclic) bond motifs is 1. The largest absolute Gasteiger partial charge is 0.486 e. The Bertz CT molecular complexity index is 480. The van der Waals surface area contributed by atoms with Gasteiger partial charge in [0.2, 0.25) is 0 Å². The van der Waals surface area contributed by atoms with Gasteiger partial charge in [-0.15, -0.1) is 0 Å². The van der Waals surface area contributed by atoms with Crippen molar-refractivity contribution in [1.82, 2.24) is 4.90 Å². The van der Waals surface area contributed by atoms with Crippen molar-refractivity contribution in [3.63, 3.8) is 0 Å². The minimum Gasteiger partial charge on any atom is -0.486 e. The topological polar surface area (TPSA) is 47.7 Å². The SMILES string of the molecule is CCN(CC(C)C)C(CN)c1cc(Br)c2c(c1)OCCO2. The number of hydrogen-bond acceptors (Lipinski definition) is 4. The normalized spacial score (nSPS) is 15.6. The summed E-state index contributed by atoms with van der Waals surface area (Å²) in [6.45, 7) is 10.4. The first-order chi connectivity index (χ1) is 10.1. The zero-order valence-electron chi connectivity index (χ0n) is 13.1. The summed E-state index contributed by atoms with van der Waals surface area (Å²) < 4.78 is 12.3. The molecule has 118 valence electrons. The molecule has 1 aliphatic rings. The molecule has 2 rings (SSSR count). The van der Waals surface area contributed by atoms with E-state index in [0.29, 0.717) is 25.7 Å². The van der Waals surface area contributed by atoms with Gasteiger partial charge >= 0.3 is 0 Å². The third kappa shape index (κ3) is 3.90. The number of likely N-dealkylation sites (N-methyl/N-ethyl adjacent to an activating group) is 1. The Morgan fingerprint density at radius 2 is 2.00 bits per heavy atom. The summed E-state index contributed by atoms with van der Waals surface area (Å²) in [6.07, 6.45) is 0. The van der Waals surface area contributed by atoms with Crippen molar-refractivity contribution in [3.05, 3.63) is 22.2 Å². The van der Waals surface area contributed by atoms with E-state index in [4.69, 9.17) is 15.2 Å². The maximum Gasteiger partial charge on any atom is 0.175 e. The molecule has 4 nitrogen and oxygen atoms in total. The number of hydrogen-bond donors (Lipinski definition) is 1. The molecule has 0 bridgehead atoms. The number of ether oxygens (including phenoxy) is 2. The predicted octanol–water partition coefficient (Wildman–Crippen LogP) is 3.20. The van der Waals surface area contributed by atoms with Gasteiger partial charge in [0, 0.05) is 19.1 Å². The molecule has 1 heterocycles. The van der Waals surface area contributed by atoms with Gasteiger partial charge in [0.15, 0.2) is 11.5 Å². The number of nitrogens with two attached hydrogens (primary N) is 1. The average molecular weight is 357 g/mol. The van der Waals surface area contributed by atoms with E-state index in [0.717, 1.165) is 29.1 Å². The lowest BCUT2D eigenvalue weighted by Crippen LogP contribution is -2.36. The highest BCUT2D eigenvalue weighted by Gasteiger charge is 2.23. The number of benzene rings is 1. The highest BCUT2D eigenvalue weighted by atomic mass is 79.9. The van der Waals surface area contributed by atoms with Crippen LogP contribution in [0.25, 0.3) is 0 Å². The molecular weight excluding hydrogens is 332 g/mol. The van der Waals surface area contributed by atoms with Crippen LogP contribution in [0.1, 0.15) is 32.4 Å². The van der Waals surface area contributed by atoms with Crippen LogP contribution in [0.15, 0.2) is 16.6 Å². The minimum absolute atomic E-state index is 0.199. The number of halogens is 1. The van der Waals surface area contributed by atoms with Gasteiger partial charge < -0.3 is 15.2 Å². The van der Waals surface area contributed by atoms with Gasteiger partial charge in [0.25, 0.3) is 0 Å². The van der Waals surface area contributed by atoms with Crippen LogP contribution in [0.2, 0.25) is 0 Å². The van der Waals surface area contributed by atoms with E-state index in [2.05, 4.69) is 53.7 Å². The molecule has 5 heteroatoms. The van der Waals surface area contributed by atoms with Crippen molar-refractivity contribution in [2.75, 3.05) is 32.8 Å². The van der Waals surface area contributed by atoms with Crippen molar-refractivity contribution < 1.29 is 9.47 Å². The van der Waals surface area contributed by atoms with Gasteiger partial charge in [-0.2, -0.15) is 0 Å². The number of nitrogens with zero attached hydrogens (tertiary/aromatic N) is 1. The first-order valence-electron chi connectivity index (χ1n) is 7.60. The Morgan fingerprint density at radius 1 is 1.29 bits per heavy atom. The Hall–Kier alpha value is -0.780. The second-order valence-corrected chi connectivity index (χ2v) is 6.61. The van der Waals surface area contributed by atoms with Crippen LogP contribution < -0.4 is 15.2 Å². The van der Waals surface area contributed by atoms with Gasteiger partial charge in [-0.1, -0.05) is 20.8 Å². The molecule has 0 fully saturated rings. The lowest BCUT2D eigenvalue weighted by atomic mass is 10.0. The monoisotopic (exact) mass is 356 g/mol. The molecule has 1 atom stereocenters. The smallest absolute Gasteiger partial charge is 0.175 e. The van der Waals surface area contributed by atoms with E-state index in [-0.39, 0.29) is 6.04 Å². The van der Waals surface area contributed by atoms with Crippen LogP contribution in [0.5, 0.6) is 11.5 Å². The predicted molar refractivity (Wildman–Crippen MR) is 89.0 cm³/mol. The van der Waals surface area contributed by atoms with Crippen molar-refractivity contribution in [2.24, 2.45) is 11.7 Å². The molecule has 0 spiro atoms. The molecule has 21 heavy (non-hydrogen) atoms. The summed E-state index contributed by atoms with van der Waals surface area (Å²) >= 11 is 3.59. The third-order valence-corrected chi connectivity index (χ3v) is 4.26. The van der Waals surface area contributed by atoms with Crippen LogP contribution in [0.3, 0.4) is 0 Å². The standard InChI is InChI=1S/C16H25BrN2O2/c1-4-19(10-11(2)3)14(9-18)12-7-13(17)16-15(8-12)20-5-6-21-16/h7-8,11,14H,4-6,9-10,18H2,1-3H3. The minimum atomic E-state index is 0.199. The summed E-state index contributed by atoms with van der Waals surface area (Å²) in [5.41, 5.74) is 7.23. The van der Waals surface area contributed by atoms with Crippen LogP contribution in [-0.2, 0) is 0 Å². The maximum absolute atomic E-state index is 6.05. The highest BCUT2D eigenvalue weighted by molar-refractivity contribution is 9.10. The van der Waals surface area contributed by atoms with E-state index < -0.39 is 0 Å². The maximum atomic E-state index is 6.05. The first kappa shape index (κ1) is 16.6. The van der Waals surface area contributed by atoms with Gasteiger partial charge in [-0.3, -0.25) is 4.90 Å². The van der Waals surface area contributed by atoms with E-state index in [9.17, 15) is 0 Å². The van der Waals surface area contributed by atoms with Crippen molar-refractivity contribution in [2.45, 2.75) is 26.8 Å². The van der Waals surface area contributed by atoms with Crippen molar-refractivity contribution in [3.8, 4) is 11.5 Å². The highest BCUT2D eigenvalue weighted by Crippen LogP contribution is 2.40. The molecule has 0 amide bonds. The van der Waals surface area contributed by atoms with E-state index in [1.165, 1.54) is 5.56 Å². The molecule has 1 aromatic carbocycles. The van der Waals surface area contributed by atoms with E-state index >= 15 is 0 Å². The van der Waals surface area contributed by atoms with Crippen molar-refractivity contribution in [1.29, 1.82) is 0 Å². The third-order valence-electron chi connectivity index (χ3n) is 3.67. The van der Waals surface area contributed by atoms with E-state index in [1.54, 1.807) is 0 Å². The van der Waals surface area contributed by atoms with Crippen LogP contribution >= 0.6 is 15.9 Å². The summed E-state index contributed by atoms with van der Waals surface area (Å²) in [7, 11) is 0. The second kappa shape index (κ2) is 7.47. The van der Waals surface area contributed by atoms with Gasteiger partial charge in [-0.25, -0.2) is 0 Å². The molecule has 1 aromatic rings. The summed E-state index contributed by atoms with van der Waals surface area (Å²) in [5.74, 6) is 2.22. The van der Waals surface area contributed by atoms with E-state index in [1.807, 2.05) is 0 Å².